The predicted octanol–water partition coefficient (Wildman–Crippen LogP) is 3.57. The van der Waals surface area contributed by atoms with Gasteiger partial charge in [-0.2, -0.15) is 4.39 Å². The van der Waals surface area contributed by atoms with Gasteiger partial charge in [-0.1, -0.05) is 31.5 Å². The third-order valence-electron chi connectivity index (χ3n) is 1.88. The molecule has 0 aliphatic rings. The van der Waals surface area contributed by atoms with Gasteiger partial charge in [-0.25, -0.2) is 4.21 Å². The average molecular weight is 226 g/mol. The Hall–Kier alpha value is -0.960. The molecule has 0 amide bonds. The summed E-state index contributed by atoms with van der Waals surface area (Å²) in [5.41, 5.74) is 1.07. The van der Waals surface area contributed by atoms with Crippen molar-refractivity contribution in [3.05, 3.63) is 41.1 Å². The van der Waals surface area contributed by atoms with Crippen molar-refractivity contribution < 1.29 is 8.60 Å². The van der Waals surface area contributed by atoms with E-state index in [0.29, 0.717) is 4.90 Å². The molecule has 1 rings (SSSR count). The molecule has 1 aromatic rings. The van der Waals surface area contributed by atoms with Gasteiger partial charge in [0.25, 0.3) is 0 Å². The number of hydrogen-bond acceptors (Lipinski definition) is 1. The fraction of sp³-hybridized carbons (Fsp3) is 0.333. The van der Waals surface area contributed by atoms with Gasteiger partial charge < -0.3 is 0 Å². The third-order valence-corrected chi connectivity index (χ3v) is 3.07. The first kappa shape index (κ1) is 12.1. The van der Waals surface area contributed by atoms with E-state index in [-0.39, 0.29) is 5.92 Å². The van der Waals surface area contributed by atoms with Crippen LogP contribution in [-0.4, -0.2) is 4.21 Å². The van der Waals surface area contributed by atoms with Crippen molar-refractivity contribution in [3.8, 4) is 0 Å². The van der Waals surface area contributed by atoms with Gasteiger partial charge in [0, 0.05) is 4.90 Å². The molecular formula is C12H15FOS. The van der Waals surface area contributed by atoms with E-state index in [1.54, 1.807) is 12.1 Å². The summed E-state index contributed by atoms with van der Waals surface area (Å²) in [4.78, 5) is 0.509. The van der Waals surface area contributed by atoms with Gasteiger partial charge in [0.1, 0.15) is 10.8 Å². The van der Waals surface area contributed by atoms with Crippen LogP contribution in [-0.2, 0) is 10.8 Å². The first-order chi connectivity index (χ1) is 7.00. The molecule has 0 saturated carbocycles. The minimum Gasteiger partial charge on any atom is -0.247 e. The fourth-order valence-corrected chi connectivity index (χ4v) is 2.10. The molecule has 1 nitrogen and oxygen atoms in total. The van der Waals surface area contributed by atoms with Crippen LogP contribution in [0.3, 0.4) is 0 Å². The largest absolute Gasteiger partial charge is 0.247 e. The SMILES string of the molecule is Cc1ccc(S(=O)/C(F)=C\C(C)C)cc1. The Morgan fingerprint density at radius 2 is 1.87 bits per heavy atom. The van der Waals surface area contributed by atoms with Crippen LogP contribution in [0.1, 0.15) is 19.4 Å². The highest BCUT2D eigenvalue weighted by Crippen LogP contribution is 2.17. The summed E-state index contributed by atoms with van der Waals surface area (Å²) in [6.45, 7) is 5.64. The summed E-state index contributed by atoms with van der Waals surface area (Å²) in [7, 11) is -1.66. The van der Waals surface area contributed by atoms with E-state index in [1.165, 1.54) is 6.08 Å². The number of benzene rings is 1. The fourth-order valence-electron chi connectivity index (χ4n) is 1.10. The highest BCUT2D eigenvalue weighted by atomic mass is 32.2. The number of rotatable bonds is 3. The van der Waals surface area contributed by atoms with Crippen molar-refractivity contribution in [3.63, 3.8) is 0 Å². The Kier molecular flexibility index (Phi) is 4.21. The summed E-state index contributed by atoms with van der Waals surface area (Å²) >= 11 is 0. The smallest absolute Gasteiger partial charge is 0.187 e. The number of allylic oxidation sites excluding steroid dienone is 1. The maximum Gasteiger partial charge on any atom is 0.187 e. The van der Waals surface area contributed by atoms with E-state index in [1.807, 2.05) is 32.9 Å². The monoisotopic (exact) mass is 226 g/mol. The molecule has 0 spiro atoms. The van der Waals surface area contributed by atoms with Crippen LogP contribution in [0.15, 0.2) is 40.4 Å². The van der Waals surface area contributed by atoms with Crippen LogP contribution in [0, 0.1) is 12.8 Å². The molecule has 15 heavy (non-hydrogen) atoms. The molecule has 3 heteroatoms. The molecule has 82 valence electrons. The van der Waals surface area contributed by atoms with E-state index in [4.69, 9.17) is 0 Å². The second kappa shape index (κ2) is 5.21. The summed E-state index contributed by atoms with van der Waals surface area (Å²) in [5.74, 6) is 0.0689. The lowest BCUT2D eigenvalue weighted by molar-refractivity contribution is 0.638. The summed E-state index contributed by atoms with van der Waals surface area (Å²) in [6.07, 6.45) is 1.38. The molecule has 0 saturated heterocycles. The highest BCUT2D eigenvalue weighted by Gasteiger charge is 2.09. The molecule has 0 bridgehead atoms. The third kappa shape index (κ3) is 3.59. The second-order valence-corrected chi connectivity index (χ2v) is 5.20. The van der Waals surface area contributed by atoms with Crippen molar-refractivity contribution in [2.45, 2.75) is 25.7 Å². The first-order valence-corrected chi connectivity index (χ1v) is 6.01. The minimum atomic E-state index is -1.66. The molecule has 1 atom stereocenters. The molecule has 0 fully saturated rings. The Morgan fingerprint density at radius 1 is 1.33 bits per heavy atom. The maximum atomic E-state index is 13.4. The van der Waals surface area contributed by atoms with Crippen molar-refractivity contribution >= 4 is 10.8 Å². The second-order valence-electron chi connectivity index (χ2n) is 3.80. The summed E-state index contributed by atoms with van der Waals surface area (Å²) < 4.78 is 25.1. The van der Waals surface area contributed by atoms with Gasteiger partial charge >= 0.3 is 0 Å². The van der Waals surface area contributed by atoms with E-state index < -0.39 is 16.0 Å². The predicted molar refractivity (Wildman–Crippen MR) is 61.6 cm³/mol. The standard InChI is InChI=1S/C12H15FOS/c1-9(2)8-12(13)15(14)11-6-4-10(3)5-7-11/h4-9H,1-3H3/b12-8-. The van der Waals surface area contributed by atoms with Gasteiger partial charge in [-0.3, -0.25) is 0 Å². The molecule has 0 aromatic heterocycles. The molecule has 0 radical (unpaired) electrons. The van der Waals surface area contributed by atoms with Crippen LogP contribution in [0.4, 0.5) is 4.39 Å². The van der Waals surface area contributed by atoms with Crippen molar-refractivity contribution in [1.29, 1.82) is 0 Å². The molecule has 0 aliphatic heterocycles. The Balaban J connectivity index is 2.90. The molecule has 1 unspecified atom stereocenters. The average Bonchev–Trinajstić information content (AvgIpc) is 2.17. The Bertz CT molecular complexity index is 379. The zero-order valence-electron chi connectivity index (χ0n) is 9.16. The molecule has 0 N–H and O–H groups in total. The quantitative estimate of drug-likeness (QED) is 0.770. The van der Waals surface area contributed by atoms with Gasteiger partial charge in [0.05, 0.1) is 0 Å². The topological polar surface area (TPSA) is 17.1 Å². The van der Waals surface area contributed by atoms with Crippen molar-refractivity contribution in [2.24, 2.45) is 5.92 Å². The molecule has 0 aliphatic carbocycles. The molecular weight excluding hydrogens is 211 g/mol. The summed E-state index contributed by atoms with van der Waals surface area (Å²) in [6, 6.07) is 7.05. The number of aryl methyl sites for hydroxylation is 1. The normalized spacial score (nSPS) is 14.3. The lowest BCUT2D eigenvalue weighted by Crippen LogP contribution is -1.93. The lowest BCUT2D eigenvalue weighted by Gasteiger charge is -2.01. The van der Waals surface area contributed by atoms with E-state index in [0.717, 1.165) is 5.56 Å². The van der Waals surface area contributed by atoms with E-state index >= 15 is 0 Å². The maximum absolute atomic E-state index is 13.4. The zero-order valence-corrected chi connectivity index (χ0v) is 9.98. The van der Waals surface area contributed by atoms with Crippen LogP contribution in [0.25, 0.3) is 0 Å². The summed E-state index contributed by atoms with van der Waals surface area (Å²) in [5, 5.41) is -0.561. The molecule has 0 heterocycles. The zero-order chi connectivity index (χ0) is 11.4. The van der Waals surface area contributed by atoms with Gasteiger partial charge in [0.2, 0.25) is 0 Å². The number of halogens is 1. The van der Waals surface area contributed by atoms with Crippen LogP contribution >= 0.6 is 0 Å². The van der Waals surface area contributed by atoms with E-state index in [9.17, 15) is 8.60 Å². The van der Waals surface area contributed by atoms with Gasteiger partial charge in [-0.05, 0) is 31.1 Å². The number of hydrogen-bond donors (Lipinski definition) is 0. The van der Waals surface area contributed by atoms with Crippen LogP contribution in [0.5, 0.6) is 0 Å². The first-order valence-electron chi connectivity index (χ1n) is 4.86. The lowest BCUT2D eigenvalue weighted by atomic mass is 10.2. The minimum absolute atomic E-state index is 0.0689. The van der Waals surface area contributed by atoms with Gasteiger partial charge in [0.15, 0.2) is 5.16 Å². The van der Waals surface area contributed by atoms with Crippen molar-refractivity contribution in [2.75, 3.05) is 0 Å². The van der Waals surface area contributed by atoms with Crippen LogP contribution < -0.4 is 0 Å². The van der Waals surface area contributed by atoms with Gasteiger partial charge in [-0.15, -0.1) is 0 Å². The Labute approximate surface area is 92.5 Å². The molecule has 1 aromatic carbocycles. The van der Waals surface area contributed by atoms with Crippen LogP contribution in [0.2, 0.25) is 0 Å². The highest BCUT2D eigenvalue weighted by molar-refractivity contribution is 7.88. The van der Waals surface area contributed by atoms with E-state index in [2.05, 4.69) is 0 Å². The van der Waals surface area contributed by atoms with Crippen molar-refractivity contribution in [1.82, 2.24) is 0 Å². The Morgan fingerprint density at radius 3 is 2.33 bits per heavy atom.